The van der Waals surface area contributed by atoms with Crippen LogP contribution in [0.5, 0.6) is 0 Å². The normalized spacial score (nSPS) is 14.0. The minimum Gasteiger partial charge on any atom is -0.468 e. The predicted molar refractivity (Wildman–Crippen MR) is 62.0 cm³/mol. The van der Waals surface area contributed by atoms with Gasteiger partial charge in [0.15, 0.2) is 0 Å². The number of hydrogen-bond acceptors (Lipinski definition) is 4. The van der Waals surface area contributed by atoms with Gasteiger partial charge in [0.2, 0.25) is 5.91 Å². The van der Waals surface area contributed by atoms with E-state index < -0.39 is 12.1 Å². The first-order valence-corrected chi connectivity index (χ1v) is 5.64. The fourth-order valence-corrected chi connectivity index (χ4v) is 1.24. The molecule has 0 fully saturated rings. The molecule has 5 heteroatoms. The molecule has 1 amide bonds. The number of amides is 1. The molecule has 0 rings (SSSR count). The maximum atomic E-state index is 11.5. The Bertz CT molecular complexity index is 231. The van der Waals surface area contributed by atoms with Gasteiger partial charge in [0.25, 0.3) is 0 Å². The lowest BCUT2D eigenvalue weighted by Crippen LogP contribution is -2.48. The van der Waals surface area contributed by atoms with E-state index in [1.165, 1.54) is 7.11 Å². The number of nitrogens with one attached hydrogen (secondary N) is 2. The van der Waals surface area contributed by atoms with Gasteiger partial charge in [0.05, 0.1) is 13.2 Å². The zero-order valence-corrected chi connectivity index (χ0v) is 10.5. The first-order chi connectivity index (χ1) is 7.52. The molecule has 0 aliphatic heterocycles. The molecule has 2 N–H and O–H groups in total. The van der Waals surface area contributed by atoms with Gasteiger partial charge in [-0.25, -0.2) is 0 Å². The van der Waals surface area contributed by atoms with Crippen LogP contribution in [0.15, 0.2) is 0 Å². The van der Waals surface area contributed by atoms with E-state index in [1.54, 1.807) is 13.8 Å². The summed E-state index contributed by atoms with van der Waals surface area (Å²) in [6.45, 7) is 6.13. The Balaban J connectivity index is 3.90. The summed E-state index contributed by atoms with van der Waals surface area (Å²) < 4.78 is 4.56. The fraction of sp³-hybridized carbons (Fsp3) is 0.818. The molecule has 0 aromatic heterocycles. The van der Waals surface area contributed by atoms with Crippen molar-refractivity contribution in [3.05, 3.63) is 0 Å². The topological polar surface area (TPSA) is 67.4 Å². The van der Waals surface area contributed by atoms with E-state index in [-0.39, 0.29) is 11.9 Å². The maximum absolute atomic E-state index is 11.5. The van der Waals surface area contributed by atoms with Crippen LogP contribution in [0.1, 0.15) is 33.6 Å². The molecule has 0 saturated heterocycles. The SMILES string of the molecule is CCCCNC(=O)C(C)NC(C)C(=O)OC. The van der Waals surface area contributed by atoms with Crippen LogP contribution in [0.4, 0.5) is 0 Å². The van der Waals surface area contributed by atoms with Crippen molar-refractivity contribution in [2.45, 2.75) is 45.7 Å². The molecule has 2 atom stereocenters. The molecular formula is C11H22N2O3. The molecule has 0 aromatic rings. The van der Waals surface area contributed by atoms with E-state index in [0.29, 0.717) is 6.54 Å². The highest BCUT2D eigenvalue weighted by Crippen LogP contribution is 1.91. The number of rotatable bonds is 7. The smallest absolute Gasteiger partial charge is 0.322 e. The Kier molecular flexibility index (Phi) is 7.54. The van der Waals surface area contributed by atoms with Crippen molar-refractivity contribution in [1.29, 1.82) is 0 Å². The van der Waals surface area contributed by atoms with Crippen molar-refractivity contribution in [3.63, 3.8) is 0 Å². The average molecular weight is 230 g/mol. The van der Waals surface area contributed by atoms with Crippen molar-refractivity contribution in [2.24, 2.45) is 0 Å². The summed E-state index contributed by atoms with van der Waals surface area (Å²) in [5, 5.41) is 5.66. The van der Waals surface area contributed by atoms with Crippen LogP contribution < -0.4 is 10.6 Å². The van der Waals surface area contributed by atoms with Crippen LogP contribution in [0, 0.1) is 0 Å². The summed E-state index contributed by atoms with van der Waals surface area (Å²) in [7, 11) is 1.33. The van der Waals surface area contributed by atoms with Crippen LogP contribution >= 0.6 is 0 Å². The molecule has 0 saturated carbocycles. The standard InChI is InChI=1S/C11H22N2O3/c1-5-6-7-12-10(14)8(2)13-9(3)11(15)16-4/h8-9,13H,5-7H2,1-4H3,(H,12,14). The second-order valence-electron chi connectivity index (χ2n) is 3.78. The Hall–Kier alpha value is -1.10. The van der Waals surface area contributed by atoms with Crippen LogP contribution in [0.3, 0.4) is 0 Å². The minimum absolute atomic E-state index is 0.0933. The number of hydrogen-bond donors (Lipinski definition) is 2. The van der Waals surface area contributed by atoms with Crippen molar-refractivity contribution in [3.8, 4) is 0 Å². The highest BCUT2D eigenvalue weighted by molar-refractivity contribution is 5.82. The Morgan fingerprint density at radius 1 is 1.25 bits per heavy atom. The number of carbonyl (C=O) groups is 2. The molecule has 5 nitrogen and oxygen atoms in total. The van der Waals surface area contributed by atoms with Gasteiger partial charge < -0.3 is 10.1 Å². The minimum atomic E-state index is -0.475. The third-order valence-corrected chi connectivity index (χ3v) is 2.28. The van der Waals surface area contributed by atoms with Gasteiger partial charge in [-0.2, -0.15) is 0 Å². The van der Waals surface area contributed by atoms with Crippen molar-refractivity contribution >= 4 is 11.9 Å². The van der Waals surface area contributed by atoms with Crippen molar-refractivity contribution in [1.82, 2.24) is 10.6 Å². The Morgan fingerprint density at radius 2 is 1.88 bits per heavy atom. The summed E-state index contributed by atoms with van der Waals surface area (Å²) in [6.07, 6.45) is 2.01. The van der Waals surface area contributed by atoms with Gasteiger partial charge in [-0.3, -0.25) is 14.9 Å². The Morgan fingerprint density at radius 3 is 2.38 bits per heavy atom. The molecular weight excluding hydrogens is 208 g/mol. The molecule has 0 heterocycles. The van der Waals surface area contributed by atoms with E-state index in [0.717, 1.165) is 12.8 Å². The molecule has 0 aromatic carbocycles. The number of methoxy groups -OCH3 is 1. The van der Waals surface area contributed by atoms with Gasteiger partial charge >= 0.3 is 5.97 Å². The summed E-state index contributed by atoms with van der Waals surface area (Å²) in [5.74, 6) is -0.461. The average Bonchev–Trinajstić information content (AvgIpc) is 2.27. The number of unbranched alkanes of at least 4 members (excludes halogenated alkanes) is 1. The van der Waals surface area contributed by atoms with Crippen molar-refractivity contribution < 1.29 is 14.3 Å². The largest absolute Gasteiger partial charge is 0.468 e. The molecule has 0 spiro atoms. The first kappa shape index (κ1) is 14.9. The maximum Gasteiger partial charge on any atom is 0.322 e. The highest BCUT2D eigenvalue weighted by Gasteiger charge is 2.19. The second-order valence-corrected chi connectivity index (χ2v) is 3.78. The van der Waals surface area contributed by atoms with E-state index >= 15 is 0 Å². The molecule has 0 radical (unpaired) electrons. The van der Waals surface area contributed by atoms with Gasteiger partial charge in [0, 0.05) is 6.54 Å². The summed E-state index contributed by atoms with van der Waals surface area (Å²) >= 11 is 0. The summed E-state index contributed by atoms with van der Waals surface area (Å²) in [5.41, 5.74) is 0. The molecule has 2 unspecified atom stereocenters. The molecule has 94 valence electrons. The fourth-order valence-electron chi connectivity index (χ4n) is 1.24. The van der Waals surface area contributed by atoms with Crippen LogP contribution in [0.2, 0.25) is 0 Å². The van der Waals surface area contributed by atoms with E-state index in [1.807, 2.05) is 0 Å². The molecule has 0 bridgehead atoms. The highest BCUT2D eigenvalue weighted by atomic mass is 16.5. The molecule has 0 aliphatic rings. The quantitative estimate of drug-likeness (QED) is 0.492. The van der Waals surface area contributed by atoms with Gasteiger partial charge in [0.1, 0.15) is 6.04 Å². The van der Waals surface area contributed by atoms with Gasteiger partial charge in [-0.05, 0) is 20.3 Å². The number of esters is 1. The van der Waals surface area contributed by atoms with E-state index in [4.69, 9.17) is 0 Å². The van der Waals surface area contributed by atoms with Crippen LogP contribution in [0.25, 0.3) is 0 Å². The van der Waals surface area contributed by atoms with Crippen molar-refractivity contribution in [2.75, 3.05) is 13.7 Å². The van der Waals surface area contributed by atoms with Crippen LogP contribution in [-0.4, -0.2) is 37.6 Å². The third-order valence-electron chi connectivity index (χ3n) is 2.28. The van der Waals surface area contributed by atoms with Gasteiger partial charge in [-0.15, -0.1) is 0 Å². The monoisotopic (exact) mass is 230 g/mol. The lowest BCUT2D eigenvalue weighted by Gasteiger charge is -2.17. The number of carbonyl (C=O) groups excluding carboxylic acids is 2. The molecule has 0 aliphatic carbocycles. The van der Waals surface area contributed by atoms with Gasteiger partial charge in [-0.1, -0.05) is 13.3 Å². The van der Waals surface area contributed by atoms with Crippen LogP contribution in [-0.2, 0) is 14.3 Å². The first-order valence-electron chi connectivity index (χ1n) is 5.64. The predicted octanol–water partition coefficient (Wildman–Crippen LogP) is 0.442. The summed E-state index contributed by atoms with van der Waals surface area (Å²) in [4.78, 5) is 22.7. The Labute approximate surface area is 96.9 Å². The lowest BCUT2D eigenvalue weighted by molar-refractivity contribution is -0.143. The number of ether oxygens (including phenoxy) is 1. The second kappa shape index (κ2) is 8.10. The zero-order chi connectivity index (χ0) is 12.6. The van der Waals surface area contributed by atoms with E-state index in [9.17, 15) is 9.59 Å². The van der Waals surface area contributed by atoms with E-state index in [2.05, 4.69) is 22.3 Å². The zero-order valence-electron chi connectivity index (χ0n) is 10.5. The third kappa shape index (κ3) is 5.70. The summed E-state index contributed by atoms with van der Waals surface area (Å²) in [6, 6.07) is -0.872. The lowest BCUT2D eigenvalue weighted by atomic mass is 10.2. The molecule has 16 heavy (non-hydrogen) atoms.